The fourth-order valence-electron chi connectivity index (χ4n) is 5.52. The topological polar surface area (TPSA) is 79.8 Å². The molecule has 0 bridgehead atoms. The molecule has 5 aliphatic rings. The Hall–Kier alpha value is -2.87. The van der Waals surface area contributed by atoms with Crippen molar-refractivity contribution in [3.8, 4) is 11.8 Å². The molecule has 2 aliphatic heterocycles. The van der Waals surface area contributed by atoms with E-state index in [4.69, 9.17) is 10.7 Å². The lowest BCUT2D eigenvalue weighted by Gasteiger charge is -2.46. The largest absolute Gasteiger partial charge is 0.370 e. The number of hydrogen-bond acceptors (Lipinski definition) is 4. The first kappa shape index (κ1) is 16.1. The molecule has 2 heterocycles. The number of rotatable bonds is 0. The van der Waals surface area contributed by atoms with E-state index in [1.807, 2.05) is 0 Å². The number of nitrogens with one attached hydrogen (secondary N) is 1. The molecule has 0 radical (unpaired) electrons. The number of carbonyl (C=O) groups is 1. The normalized spacial score (nSPS) is 32.2. The Morgan fingerprint density at radius 3 is 2.86 bits per heavy atom. The summed E-state index contributed by atoms with van der Waals surface area (Å²) >= 11 is 0. The second-order valence-corrected chi connectivity index (χ2v) is 8.83. The van der Waals surface area contributed by atoms with E-state index in [2.05, 4.69) is 47.3 Å². The number of aliphatic imine (C=N–C) groups is 2. The third-order valence-corrected chi connectivity index (χ3v) is 7.10. The van der Waals surface area contributed by atoms with Gasteiger partial charge in [-0.15, -0.1) is 0 Å². The average molecular weight is 370 g/mol. The molecule has 5 nitrogen and oxygen atoms in total. The SMILES string of the molecule is CC1=C2CC3(CCC2=N1)Cc1ccc(C#CC2CC2)cc1C31N=C(N)NC1=O. The summed E-state index contributed by atoms with van der Waals surface area (Å²) in [7, 11) is 0. The van der Waals surface area contributed by atoms with Gasteiger partial charge in [0, 0.05) is 28.3 Å². The van der Waals surface area contributed by atoms with Crippen molar-refractivity contribution in [3.63, 3.8) is 0 Å². The van der Waals surface area contributed by atoms with Crippen molar-refractivity contribution < 1.29 is 4.79 Å². The van der Waals surface area contributed by atoms with E-state index in [0.717, 1.165) is 42.5 Å². The van der Waals surface area contributed by atoms with Crippen molar-refractivity contribution in [1.82, 2.24) is 5.32 Å². The van der Waals surface area contributed by atoms with E-state index in [9.17, 15) is 4.79 Å². The molecular weight excluding hydrogens is 348 g/mol. The number of benzene rings is 1. The van der Waals surface area contributed by atoms with Gasteiger partial charge in [0.1, 0.15) is 0 Å². The molecule has 28 heavy (non-hydrogen) atoms. The van der Waals surface area contributed by atoms with E-state index < -0.39 is 5.54 Å². The highest BCUT2D eigenvalue weighted by Crippen LogP contribution is 2.62. The zero-order valence-corrected chi connectivity index (χ0v) is 15.9. The van der Waals surface area contributed by atoms with Gasteiger partial charge >= 0.3 is 0 Å². The molecule has 1 amide bonds. The molecule has 1 aromatic rings. The summed E-state index contributed by atoms with van der Waals surface area (Å²) in [6.07, 6.45) is 5.87. The van der Waals surface area contributed by atoms with Gasteiger partial charge in [0.2, 0.25) is 0 Å². The van der Waals surface area contributed by atoms with Crippen LogP contribution in [0.2, 0.25) is 0 Å². The van der Waals surface area contributed by atoms with E-state index in [0.29, 0.717) is 5.92 Å². The van der Waals surface area contributed by atoms with Crippen LogP contribution < -0.4 is 11.1 Å². The molecule has 140 valence electrons. The molecule has 0 saturated heterocycles. The van der Waals surface area contributed by atoms with Gasteiger partial charge in [-0.3, -0.25) is 15.1 Å². The number of fused-ring (bicyclic) bond motifs is 4. The lowest BCUT2D eigenvalue weighted by atomic mass is 9.59. The van der Waals surface area contributed by atoms with Crippen molar-refractivity contribution in [2.75, 3.05) is 0 Å². The van der Waals surface area contributed by atoms with Gasteiger partial charge < -0.3 is 5.73 Å². The van der Waals surface area contributed by atoms with E-state index in [1.54, 1.807) is 0 Å². The summed E-state index contributed by atoms with van der Waals surface area (Å²) in [5, 5.41) is 2.80. The van der Waals surface area contributed by atoms with Gasteiger partial charge in [0.25, 0.3) is 5.91 Å². The summed E-state index contributed by atoms with van der Waals surface area (Å²) in [5.41, 5.74) is 11.6. The van der Waals surface area contributed by atoms with Gasteiger partial charge in [0.15, 0.2) is 11.5 Å². The maximum Gasteiger partial charge on any atom is 0.259 e. The number of guanidine groups is 1. The molecule has 2 atom stereocenters. The maximum absolute atomic E-state index is 13.3. The van der Waals surface area contributed by atoms with Crippen LogP contribution in [-0.2, 0) is 16.8 Å². The van der Waals surface area contributed by atoms with Crippen molar-refractivity contribution >= 4 is 17.6 Å². The van der Waals surface area contributed by atoms with Crippen LogP contribution in [0.3, 0.4) is 0 Å². The monoisotopic (exact) mass is 370 g/mol. The molecule has 2 unspecified atom stereocenters. The first-order valence-corrected chi connectivity index (χ1v) is 10.1. The van der Waals surface area contributed by atoms with Gasteiger partial charge in [-0.25, -0.2) is 4.99 Å². The van der Waals surface area contributed by atoms with Gasteiger partial charge in [-0.05, 0) is 74.3 Å². The van der Waals surface area contributed by atoms with Crippen molar-refractivity contribution in [1.29, 1.82) is 0 Å². The van der Waals surface area contributed by atoms with E-state index >= 15 is 0 Å². The molecule has 2 fully saturated rings. The molecule has 3 aliphatic carbocycles. The van der Waals surface area contributed by atoms with Gasteiger partial charge in [0.05, 0.1) is 0 Å². The van der Waals surface area contributed by atoms with Gasteiger partial charge in [-0.1, -0.05) is 17.9 Å². The molecule has 0 aromatic heterocycles. The highest BCUT2D eigenvalue weighted by Gasteiger charge is 2.65. The zero-order valence-electron chi connectivity index (χ0n) is 15.9. The van der Waals surface area contributed by atoms with Crippen LogP contribution in [0.5, 0.6) is 0 Å². The third kappa shape index (κ3) is 1.95. The molecular formula is C23H22N4O. The number of nitrogens with two attached hydrogens (primary N) is 1. The molecule has 2 saturated carbocycles. The summed E-state index contributed by atoms with van der Waals surface area (Å²) in [5.74, 6) is 7.31. The number of nitrogens with zero attached hydrogens (tertiary/aromatic N) is 2. The quantitative estimate of drug-likeness (QED) is 0.688. The smallest absolute Gasteiger partial charge is 0.259 e. The number of hydrogen-bond donors (Lipinski definition) is 2. The predicted molar refractivity (Wildman–Crippen MR) is 108 cm³/mol. The minimum Gasteiger partial charge on any atom is -0.370 e. The van der Waals surface area contributed by atoms with Gasteiger partial charge in [-0.2, -0.15) is 0 Å². The predicted octanol–water partition coefficient (Wildman–Crippen LogP) is 2.54. The van der Waals surface area contributed by atoms with Crippen molar-refractivity contribution in [2.45, 2.75) is 51.0 Å². The zero-order chi connectivity index (χ0) is 19.1. The highest BCUT2D eigenvalue weighted by atomic mass is 16.2. The lowest BCUT2D eigenvalue weighted by molar-refractivity contribution is -0.128. The molecule has 2 spiro atoms. The Bertz CT molecular complexity index is 1110. The fraction of sp³-hybridized carbons (Fsp3) is 0.435. The summed E-state index contributed by atoms with van der Waals surface area (Å²) in [6, 6.07) is 6.32. The molecule has 1 aromatic carbocycles. The van der Waals surface area contributed by atoms with E-state index in [1.165, 1.54) is 29.7 Å². The Labute approximate surface area is 164 Å². The summed E-state index contributed by atoms with van der Waals surface area (Å²) < 4.78 is 0. The number of allylic oxidation sites excluding steroid dienone is 2. The number of carbonyl (C=O) groups excluding carboxylic acids is 1. The molecule has 5 heteroatoms. The van der Waals surface area contributed by atoms with Crippen LogP contribution in [0.25, 0.3) is 0 Å². The Morgan fingerprint density at radius 2 is 2.14 bits per heavy atom. The first-order chi connectivity index (χ1) is 13.5. The van der Waals surface area contributed by atoms with Crippen LogP contribution in [0.4, 0.5) is 0 Å². The highest BCUT2D eigenvalue weighted by molar-refractivity contribution is 6.10. The minimum absolute atomic E-state index is 0.0889. The second-order valence-electron chi connectivity index (χ2n) is 8.83. The number of amides is 1. The van der Waals surface area contributed by atoms with Crippen LogP contribution >= 0.6 is 0 Å². The van der Waals surface area contributed by atoms with Crippen LogP contribution in [0.1, 0.15) is 55.7 Å². The minimum atomic E-state index is -0.946. The van der Waals surface area contributed by atoms with E-state index in [-0.39, 0.29) is 17.3 Å². The molecule has 3 N–H and O–H groups in total. The van der Waals surface area contributed by atoms with Crippen molar-refractivity contribution in [3.05, 3.63) is 46.2 Å². The second kappa shape index (κ2) is 5.14. The lowest BCUT2D eigenvalue weighted by Crippen LogP contribution is -2.51. The standard InChI is InChI=1S/C23H22N4O/c1-13-17-12-22(9-8-19(17)25-13)11-16-7-6-15(5-4-14-2-3-14)10-18(16)23(22)20(28)26-21(24)27-23/h6-7,10,14H,2-3,8-9,11-12H2,1H3,(H3,24,26,27,28). The van der Waals surface area contributed by atoms with Crippen LogP contribution in [0, 0.1) is 23.2 Å². The summed E-state index contributed by atoms with van der Waals surface area (Å²) in [4.78, 5) is 22.7. The van der Waals surface area contributed by atoms with Crippen molar-refractivity contribution in [2.24, 2.45) is 27.1 Å². The third-order valence-electron chi connectivity index (χ3n) is 7.10. The Kier molecular flexibility index (Phi) is 2.96. The maximum atomic E-state index is 13.3. The first-order valence-electron chi connectivity index (χ1n) is 10.1. The Morgan fingerprint density at radius 1 is 1.29 bits per heavy atom. The summed E-state index contributed by atoms with van der Waals surface area (Å²) in [6.45, 7) is 2.06. The van der Waals surface area contributed by atoms with Crippen LogP contribution in [-0.4, -0.2) is 17.6 Å². The average Bonchev–Trinajstić information content (AvgIpc) is 3.40. The van der Waals surface area contributed by atoms with Crippen LogP contribution in [0.15, 0.2) is 39.5 Å². The fourth-order valence-corrected chi connectivity index (χ4v) is 5.52. The Balaban J connectivity index is 1.51. The molecule has 6 rings (SSSR count).